The summed E-state index contributed by atoms with van der Waals surface area (Å²) in [6.45, 7) is 4.00. The Kier molecular flexibility index (Phi) is 7.63. The number of nitro benzene ring substituents is 2. The maximum atomic E-state index is 10.9. The zero-order valence-electron chi connectivity index (χ0n) is 16.2. The number of hydrogen-bond donors (Lipinski definition) is 1. The van der Waals surface area contributed by atoms with E-state index in [0.29, 0.717) is 12.8 Å². The van der Waals surface area contributed by atoms with Gasteiger partial charge in [0.2, 0.25) is 0 Å². The molecule has 0 fully saturated rings. The van der Waals surface area contributed by atoms with Gasteiger partial charge in [-0.15, -0.1) is 0 Å². The first-order chi connectivity index (χ1) is 13.3. The van der Waals surface area contributed by atoms with Crippen LogP contribution < -0.4 is 0 Å². The van der Waals surface area contributed by atoms with Crippen molar-refractivity contribution in [2.24, 2.45) is 0 Å². The van der Waals surface area contributed by atoms with Crippen molar-refractivity contribution < 1.29 is 15.0 Å². The summed E-state index contributed by atoms with van der Waals surface area (Å²) >= 11 is 0. The lowest BCUT2D eigenvalue weighted by atomic mass is 9.91. The quantitative estimate of drug-likeness (QED) is 0.438. The van der Waals surface area contributed by atoms with Gasteiger partial charge in [0.1, 0.15) is 0 Å². The summed E-state index contributed by atoms with van der Waals surface area (Å²) in [4.78, 5) is 21.0. The van der Waals surface area contributed by atoms with Crippen LogP contribution >= 0.6 is 0 Å². The highest BCUT2D eigenvalue weighted by atomic mass is 16.6. The average Bonchev–Trinajstić information content (AvgIpc) is 2.70. The highest BCUT2D eigenvalue weighted by molar-refractivity contribution is 5.36. The smallest absolute Gasteiger partial charge is 0.269 e. The van der Waals surface area contributed by atoms with E-state index in [4.69, 9.17) is 0 Å². The van der Waals surface area contributed by atoms with Crippen molar-refractivity contribution in [3.8, 4) is 0 Å². The molecule has 0 saturated carbocycles. The average molecular weight is 386 g/mol. The zero-order valence-corrected chi connectivity index (χ0v) is 16.2. The number of nitro groups is 2. The molecule has 0 aliphatic rings. The zero-order chi connectivity index (χ0) is 20.7. The van der Waals surface area contributed by atoms with Crippen molar-refractivity contribution >= 4 is 11.4 Å². The first-order valence-electron chi connectivity index (χ1n) is 9.44. The van der Waals surface area contributed by atoms with Crippen molar-refractivity contribution in [3.63, 3.8) is 0 Å². The highest BCUT2D eigenvalue weighted by Crippen LogP contribution is 2.28. The minimum absolute atomic E-state index is 0.0793. The molecular weight excluding hydrogens is 360 g/mol. The van der Waals surface area contributed by atoms with Gasteiger partial charge in [-0.05, 0) is 48.6 Å². The maximum absolute atomic E-state index is 10.9. The Bertz CT molecular complexity index is 756. The van der Waals surface area contributed by atoms with Gasteiger partial charge >= 0.3 is 0 Å². The molecule has 0 spiro atoms. The number of rotatable bonds is 10. The second kappa shape index (κ2) is 9.94. The molecule has 0 bridgehead atoms. The first kappa shape index (κ1) is 21.5. The van der Waals surface area contributed by atoms with Gasteiger partial charge in [-0.25, -0.2) is 0 Å². The molecule has 2 aromatic rings. The molecule has 0 unspecified atom stereocenters. The number of aliphatic hydroxyl groups excluding tert-OH is 1. The van der Waals surface area contributed by atoms with E-state index in [1.165, 1.54) is 12.1 Å². The summed E-state index contributed by atoms with van der Waals surface area (Å²) in [6, 6.07) is 13.2. The van der Waals surface area contributed by atoms with E-state index in [0.717, 1.165) is 24.0 Å². The van der Waals surface area contributed by atoms with E-state index in [1.807, 2.05) is 26.0 Å². The van der Waals surface area contributed by atoms with E-state index in [-0.39, 0.29) is 23.2 Å². The predicted molar refractivity (Wildman–Crippen MR) is 107 cm³/mol. The molecule has 0 aliphatic heterocycles. The van der Waals surface area contributed by atoms with Crippen LogP contribution in [0.15, 0.2) is 48.5 Å². The molecule has 0 aliphatic carbocycles. The van der Waals surface area contributed by atoms with Crippen LogP contribution in [0.25, 0.3) is 0 Å². The third kappa shape index (κ3) is 6.13. The van der Waals surface area contributed by atoms with E-state index in [1.54, 1.807) is 24.3 Å². The molecule has 0 heterocycles. The van der Waals surface area contributed by atoms with Crippen LogP contribution in [0.3, 0.4) is 0 Å². The minimum Gasteiger partial charge on any atom is -0.393 e. The molecule has 2 rings (SSSR count). The molecule has 0 aromatic heterocycles. The lowest BCUT2D eigenvalue weighted by Crippen LogP contribution is -2.10. The van der Waals surface area contributed by atoms with Gasteiger partial charge in [-0.3, -0.25) is 20.2 Å². The molecule has 7 nitrogen and oxygen atoms in total. The first-order valence-corrected chi connectivity index (χ1v) is 9.44. The second-order valence-corrected chi connectivity index (χ2v) is 7.31. The normalized spacial score (nSPS) is 13.3. The SMILES string of the molecule is C[C@H](CCC(O)CC[C@@H](C)c1cccc([N+](=O)[O-])c1)c1cccc([N+](=O)[O-])c1. The molecule has 0 amide bonds. The lowest BCUT2D eigenvalue weighted by molar-refractivity contribution is -0.385. The van der Waals surface area contributed by atoms with Crippen LogP contribution in [0, 0.1) is 20.2 Å². The fourth-order valence-electron chi connectivity index (χ4n) is 3.25. The highest BCUT2D eigenvalue weighted by Gasteiger charge is 2.15. The van der Waals surface area contributed by atoms with E-state index in [9.17, 15) is 25.3 Å². The van der Waals surface area contributed by atoms with Crippen molar-refractivity contribution in [3.05, 3.63) is 79.9 Å². The van der Waals surface area contributed by atoms with E-state index >= 15 is 0 Å². The fourth-order valence-corrected chi connectivity index (χ4v) is 3.25. The van der Waals surface area contributed by atoms with Gasteiger partial charge in [0.15, 0.2) is 0 Å². The van der Waals surface area contributed by atoms with Gasteiger partial charge in [0.25, 0.3) is 11.4 Å². The second-order valence-electron chi connectivity index (χ2n) is 7.31. The molecule has 28 heavy (non-hydrogen) atoms. The molecular formula is C21H26N2O5. The summed E-state index contributed by atoms with van der Waals surface area (Å²) in [7, 11) is 0. The molecule has 0 radical (unpaired) electrons. The number of non-ortho nitro benzene ring substituents is 2. The molecule has 0 saturated heterocycles. The Morgan fingerprint density at radius 3 is 1.54 bits per heavy atom. The molecule has 150 valence electrons. The van der Waals surface area contributed by atoms with Gasteiger partial charge in [-0.1, -0.05) is 38.1 Å². The van der Waals surface area contributed by atoms with Gasteiger partial charge in [-0.2, -0.15) is 0 Å². The van der Waals surface area contributed by atoms with Crippen LogP contribution in [0.4, 0.5) is 11.4 Å². The number of aliphatic hydroxyl groups is 1. The van der Waals surface area contributed by atoms with Crippen molar-refractivity contribution in [1.82, 2.24) is 0 Å². The lowest BCUT2D eigenvalue weighted by Gasteiger charge is -2.17. The summed E-state index contributed by atoms with van der Waals surface area (Å²) < 4.78 is 0. The largest absolute Gasteiger partial charge is 0.393 e. The Hall–Kier alpha value is -2.80. The summed E-state index contributed by atoms with van der Waals surface area (Å²) in [5.74, 6) is 0.229. The van der Waals surface area contributed by atoms with Gasteiger partial charge < -0.3 is 5.11 Å². The number of benzene rings is 2. The Labute approximate surface area is 164 Å². The number of hydrogen-bond acceptors (Lipinski definition) is 5. The van der Waals surface area contributed by atoms with Crippen molar-refractivity contribution in [1.29, 1.82) is 0 Å². The molecule has 1 N–H and O–H groups in total. The van der Waals surface area contributed by atoms with Crippen molar-refractivity contribution in [2.45, 2.75) is 57.5 Å². The van der Waals surface area contributed by atoms with Crippen LogP contribution in [-0.2, 0) is 0 Å². The van der Waals surface area contributed by atoms with Crippen LogP contribution in [0.5, 0.6) is 0 Å². The standard InChI is InChI=1S/C21H26N2O5/c1-15(17-5-3-7-19(13-17)22(25)26)9-11-21(24)12-10-16(2)18-6-4-8-20(14-18)23(27)28/h3-8,13-16,21,24H,9-12H2,1-2H3/t15-,16-/m1/s1. The third-order valence-electron chi connectivity index (χ3n) is 5.17. The van der Waals surface area contributed by atoms with Crippen molar-refractivity contribution in [2.75, 3.05) is 0 Å². The Morgan fingerprint density at radius 1 is 0.786 bits per heavy atom. The summed E-state index contributed by atoms with van der Waals surface area (Å²) in [5.41, 5.74) is 1.95. The Morgan fingerprint density at radius 2 is 1.18 bits per heavy atom. The summed E-state index contributed by atoms with van der Waals surface area (Å²) in [6.07, 6.45) is 2.19. The molecule has 2 atom stereocenters. The van der Waals surface area contributed by atoms with Gasteiger partial charge in [0, 0.05) is 24.3 Å². The van der Waals surface area contributed by atoms with Crippen LogP contribution in [-0.4, -0.2) is 21.1 Å². The maximum Gasteiger partial charge on any atom is 0.269 e. The minimum atomic E-state index is -0.470. The molecule has 7 heteroatoms. The fraction of sp³-hybridized carbons (Fsp3) is 0.429. The Balaban J connectivity index is 1.83. The predicted octanol–water partition coefficient (Wildman–Crippen LogP) is 5.33. The van der Waals surface area contributed by atoms with E-state index < -0.39 is 16.0 Å². The number of nitrogens with zero attached hydrogens (tertiary/aromatic N) is 2. The topological polar surface area (TPSA) is 107 Å². The van der Waals surface area contributed by atoms with Crippen LogP contribution in [0.2, 0.25) is 0 Å². The van der Waals surface area contributed by atoms with Gasteiger partial charge in [0.05, 0.1) is 16.0 Å². The van der Waals surface area contributed by atoms with Crippen LogP contribution in [0.1, 0.15) is 62.5 Å². The monoisotopic (exact) mass is 386 g/mol. The molecule has 2 aromatic carbocycles. The van der Waals surface area contributed by atoms with E-state index in [2.05, 4.69) is 0 Å². The summed E-state index contributed by atoms with van der Waals surface area (Å²) in [5, 5.41) is 32.1. The third-order valence-corrected chi connectivity index (χ3v) is 5.17.